The summed E-state index contributed by atoms with van der Waals surface area (Å²) < 4.78 is 45.8. The van der Waals surface area contributed by atoms with Gasteiger partial charge in [0.05, 0.1) is 24.4 Å². The maximum Gasteiger partial charge on any atom is 0.419 e. The molecule has 186 valence electrons. The average molecular weight is 490 g/mol. The number of hydrogen-bond acceptors (Lipinski definition) is 5. The van der Waals surface area contributed by atoms with Crippen LogP contribution in [0.4, 0.5) is 13.2 Å². The first-order chi connectivity index (χ1) is 16.6. The molecule has 0 aliphatic carbocycles. The van der Waals surface area contributed by atoms with E-state index in [0.29, 0.717) is 23.3 Å². The number of aliphatic carboxylic acids is 1. The van der Waals surface area contributed by atoms with Crippen molar-refractivity contribution in [3.05, 3.63) is 71.2 Å². The third-order valence-corrected chi connectivity index (χ3v) is 5.15. The molecule has 0 saturated heterocycles. The zero-order valence-corrected chi connectivity index (χ0v) is 19.2. The highest BCUT2D eigenvalue weighted by Gasteiger charge is 2.32. The van der Waals surface area contributed by atoms with Crippen molar-refractivity contribution in [3.63, 3.8) is 0 Å². The van der Waals surface area contributed by atoms with Gasteiger partial charge in [0.1, 0.15) is 11.9 Å². The van der Waals surface area contributed by atoms with Crippen LogP contribution in [0.15, 0.2) is 48.9 Å². The van der Waals surface area contributed by atoms with Gasteiger partial charge >= 0.3 is 12.1 Å². The van der Waals surface area contributed by atoms with Crippen LogP contribution in [0.1, 0.15) is 59.3 Å². The Kier molecular flexibility index (Phi) is 8.10. The van der Waals surface area contributed by atoms with E-state index in [1.807, 2.05) is 6.92 Å². The number of carboxylic acids is 1. The van der Waals surface area contributed by atoms with Crippen molar-refractivity contribution >= 4 is 11.9 Å². The first kappa shape index (κ1) is 25.7. The van der Waals surface area contributed by atoms with Gasteiger partial charge in [-0.3, -0.25) is 9.59 Å². The lowest BCUT2D eigenvalue weighted by molar-refractivity contribution is -0.138. The van der Waals surface area contributed by atoms with E-state index >= 15 is 0 Å². The molecule has 0 radical (unpaired) electrons. The smallest absolute Gasteiger partial charge is 0.419 e. The van der Waals surface area contributed by atoms with E-state index in [1.54, 1.807) is 37.3 Å². The Balaban J connectivity index is 1.72. The van der Waals surface area contributed by atoms with E-state index in [4.69, 9.17) is 9.84 Å². The summed E-state index contributed by atoms with van der Waals surface area (Å²) in [6.45, 7) is 3.75. The molecule has 0 aliphatic heterocycles. The Morgan fingerprint density at radius 1 is 1.20 bits per heavy atom. The number of aryl methyl sites for hydroxylation is 1. The van der Waals surface area contributed by atoms with Crippen LogP contribution < -0.4 is 10.1 Å². The summed E-state index contributed by atoms with van der Waals surface area (Å²) in [4.78, 5) is 27.0. The Bertz CT molecular complexity index is 1180. The molecule has 1 unspecified atom stereocenters. The topological polar surface area (TPSA) is 106 Å². The third kappa shape index (κ3) is 6.81. The summed E-state index contributed by atoms with van der Waals surface area (Å²) in [7, 11) is 0. The second-order valence-corrected chi connectivity index (χ2v) is 7.90. The number of benzene rings is 1. The summed E-state index contributed by atoms with van der Waals surface area (Å²) in [6.07, 6.45) is -0.418. The van der Waals surface area contributed by atoms with Crippen molar-refractivity contribution < 1.29 is 32.6 Å². The van der Waals surface area contributed by atoms with Crippen molar-refractivity contribution in [1.29, 1.82) is 0 Å². The Morgan fingerprint density at radius 2 is 1.91 bits per heavy atom. The number of carbonyl (C=O) groups is 2. The molecule has 1 atom stereocenters. The summed E-state index contributed by atoms with van der Waals surface area (Å²) >= 11 is 0. The normalized spacial score (nSPS) is 12.3. The van der Waals surface area contributed by atoms with Crippen LogP contribution in [0.3, 0.4) is 0 Å². The van der Waals surface area contributed by atoms with Crippen LogP contribution in [0.5, 0.6) is 5.75 Å². The summed E-state index contributed by atoms with van der Waals surface area (Å²) in [6, 6.07) is 8.50. The zero-order valence-electron chi connectivity index (χ0n) is 19.2. The Labute approximate surface area is 199 Å². The maximum atomic E-state index is 12.9. The molecule has 2 aromatic heterocycles. The number of carbonyl (C=O) groups excluding carboxylic acids is 1. The van der Waals surface area contributed by atoms with Gasteiger partial charge in [-0.1, -0.05) is 25.5 Å². The number of aromatic nitrogens is 3. The summed E-state index contributed by atoms with van der Waals surface area (Å²) in [5.41, 5.74) is 0.954. The van der Waals surface area contributed by atoms with Gasteiger partial charge < -0.3 is 15.2 Å². The van der Waals surface area contributed by atoms with Crippen molar-refractivity contribution in [2.45, 2.75) is 45.4 Å². The van der Waals surface area contributed by atoms with Crippen LogP contribution in [0.25, 0.3) is 5.82 Å². The van der Waals surface area contributed by atoms with Crippen LogP contribution >= 0.6 is 0 Å². The molecule has 0 spiro atoms. The minimum absolute atomic E-state index is 0.0376. The van der Waals surface area contributed by atoms with Gasteiger partial charge in [-0.05, 0) is 42.7 Å². The summed E-state index contributed by atoms with van der Waals surface area (Å²) in [5.74, 6) is -0.649. The van der Waals surface area contributed by atoms with Crippen molar-refractivity contribution in [3.8, 4) is 11.6 Å². The first-order valence-corrected chi connectivity index (χ1v) is 10.9. The molecule has 3 rings (SSSR count). The molecule has 8 nitrogen and oxygen atoms in total. The van der Waals surface area contributed by atoms with Crippen LogP contribution in [0, 0.1) is 6.92 Å². The quantitative estimate of drug-likeness (QED) is 0.426. The fourth-order valence-electron chi connectivity index (χ4n) is 3.39. The van der Waals surface area contributed by atoms with Crippen LogP contribution in [-0.2, 0) is 11.0 Å². The highest BCUT2D eigenvalue weighted by molar-refractivity contribution is 5.94. The molecule has 35 heavy (non-hydrogen) atoms. The Hall–Kier alpha value is -3.89. The first-order valence-electron chi connectivity index (χ1n) is 10.9. The van der Waals surface area contributed by atoms with Gasteiger partial charge in [0, 0.05) is 18.3 Å². The van der Waals surface area contributed by atoms with E-state index in [2.05, 4.69) is 15.4 Å². The Morgan fingerprint density at radius 3 is 2.49 bits per heavy atom. The monoisotopic (exact) mass is 490 g/mol. The number of pyridine rings is 1. The van der Waals surface area contributed by atoms with E-state index in [-0.39, 0.29) is 30.8 Å². The molecule has 0 bridgehead atoms. The molecule has 0 fully saturated rings. The van der Waals surface area contributed by atoms with Gasteiger partial charge in [-0.25, -0.2) is 9.67 Å². The van der Waals surface area contributed by atoms with Crippen molar-refractivity contribution in [1.82, 2.24) is 20.1 Å². The minimum Gasteiger partial charge on any atom is -0.484 e. The van der Waals surface area contributed by atoms with E-state index < -0.39 is 17.7 Å². The molecular weight excluding hydrogens is 465 g/mol. The predicted molar refractivity (Wildman–Crippen MR) is 120 cm³/mol. The highest BCUT2D eigenvalue weighted by Crippen LogP contribution is 2.30. The molecule has 1 amide bonds. The van der Waals surface area contributed by atoms with Gasteiger partial charge in [0.2, 0.25) is 0 Å². The number of carboxylic acid groups (broad SMARTS) is 1. The molecule has 11 heteroatoms. The van der Waals surface area contributed by atoms with Gasteiger partial charge in [0.25, 0.3) is 5.91 Å². The van der Waals surface area contributed by atoms with Gasteiger partial charge in [0.15, 0.2) is 5.82 Å². The van der Waals surface area contributed by atoms with Crippen molar-refractivity contribution in [2.24, 2.45) is 0 Å². The fraction of sp³-hybridized carbons (Fsp3) is 0.333. The largest absolute Gasteiger partial charge is 0.484 e. The predicted octanol–water partition coefficient (Wildman–Crippen LogP) is 4.72. The highest BCUT2D eigenvalue weighted by atomic mass is 19.4. The average Bonchev–Trinajstić information content (AvgIpc) is 3.29. The molecule has 2 N–H and O–H groups in total. The summed E-state index contributed by atoms with van der Waals surface area (Å²) in [5, 5.41) is 15.0. The molecular formula is C24H25F3N4O4. The standard InChI is InChI=1S/C24H25F3N4O4/c1-3-4-20(16-5-7-17(8-6-16)23(34)28-10-9-21(32)33)35-19-11-15(2)22(29-13-19)31-14-18(12-30-31)24(25,26)27/h5-8,11-14,20H,3-4,9-10H2,1-2H3,(H,28,34)(H,32,33). The zero-order chi connectivity index (χ0) is 25.6. The SMILES string of the molecule is CCCC(Oc1cnc(-n2cc(C(F)(F)F)cn2)c(C)c1)c1ccc(C(=O)NCCC(=O)O)cc1. The van der Waals surface area contributed by atoms with Crippen LogP contribution in [-0.4, -0.2) is 38.3 Å². The molecule has 1 aromatic carbocycles. The number of alkyl halides is 3. The molecule has 3 aromatic rings. The number of nitrogens with one attached hydrogen (secondary N) is 1. The number of rotatable bonds is 10. The number of ether oxygens (including phenoxy) is 1. The van der Waals surface area contributed by atoms with Crippen LogP contribution in [0.2, 0.25) is 0 Å². The van der Waals surface area contributed by atoms with Crippen molar-refractivity contribution in [2.75, 3.05) is 6.54 Å². The lowest BCUT2D eigenvalue weighted by Crippen LogP contribution is -2.26. The number of hydrogen-bond donors (Lipinski definition) is 2. The van der Waals surface area contributed by atoms with E-state index in [1.165, 1.54) is 6.20 Å². The van der Waals surface area contributed by atoms with Gasteiger partial charge in [-0.15, -0.1) is 0 Å². The minimum atomic E-state index is -4.49. The molecule has 0 aliphatic rings. The second-order valence-electron chi connectivity index (χ2n) is 7.90. The maximum absolute atomic E-state index is 12.9. The number of nitrogens with zero attached hydrogens (tertiary/aromatic N) is 3. The van der Waals surface area contributed by atoms with E-state index in [0.717, 1.165) is 29.1 Å². The fourth-order valence-corrected chi connectivity index (χ4v) is 3.39. The van der Waals surface area contributed by atoms with E-state index in [9.17, 15) is 22.8 Å². The second kappa shape index (κ2) is 11.0. The molecule has 0 saturated carbocycles. The molecule has 2 heterocycles. The lowest BCUT2D eigenvalue weighted by atomic mass is 10.0. The lowest BCUT2D eigenvalue weighted by Gasteiger charge is -2.20. The number of halogens is 3. The number of amides is 1. The van der Waals surface area contributed by atoms with Gasteiger partial charge in [-0.2, -0.15) is 18.3 Å². The third-order valence-electron chi connectivity index (χ3n) is 5.15.